The third-order valence-electron chi connectivity index (χ3n) is 4.59. The Balaban J connectivity index is 1.50. The van der Waals surface area contributed by atoms with Gasteiger partial charge in [-0.25, -0.2) is 0 Å². The van der Waals surface area contributed by atoms with Gasteiger partial charge in [-0.3, -0.25) is 9.69 Å². The number of benzene rings is 2. The molecule has 0 N–H and O–H groups in total. The van der Waals surface area contributed by atoms with Crippen molar-refractivity contribution in [2.75, 3.05) is 26.2 Å². The van der Waals surface area contributed by atoms with Gasteiger partial charge in [0.25, 0.3) is 5.91 Å². The van der Waals surface area contributed by atoms with Crippen LogP contribution in [0.3, 0.4) is 0 Å². The minimum atomic E-state index is -0.0257. The van der Waals surface area contributed by atoms with Crippen LogP contribution < -0.4 is 4.74 Å². The van der Waals surface area contributed by atoms with Crippen molar-refractivity contribution in [2.45, 2.75) is 19.5 Å². The van der Waals surface area contributed by atoms with E-state index < -0.39 is 0 Å². The van der Waals surface area contributed by atoms with Crippen LogP contribution in [0.1, 0.15) is 12.5 Å². The summed E-state index contributed by atoms with van der Waals surface area (Å²) in [5.74, 6) is 0.447. The number of ether oxygens (including phenoxy) is 1. The molecule has 1 unspecified atom stereocenters. The molecule has 1 atom stereocenters. The number of rotatable bonds is 5. The van der Waals surface area contributed by atoms with E-state index in [-0.39, 0.29) is 12.5 Å². The molecule has 1 heterocycles. The minimum Gasteiger partial charge on any atom is -0.482 e. The molecule has 1 aliphatic heterocycles. The first-order valence-electron chi connectivity index (χ1n) is 8.66. The number of piperazine rings is 1. The van der Waals surface area contributed by atoms with Crippen molar-refractivity contribution in [2.24, 2.45) is 0 Å². The van der Waals surface area contributed by atoms with Gasteiger partial charge in [0.2, 0.25) is 0 Å². The maximum Gasteiger partial charge on any atom is 0.260 e. The Morgan fingerprint density at radius 2 is 1.92 bits per heavy atom. The molecule has 0 radical (unpaired) electrons. The Bertz CT molecular complexity index is 755. The van der Waals surface area contributed by atoms with Crippen molar-refractivity contribution >= 4 is 29.1 Å². The van der Waals surface area contributed by atoms with Crippen LogP contribution in [0.15, 0.2) is 48.5 Å². The molecule has 4 nitrogen and oxygen atoms in total. The van der Waals surface area contributed by atoms with E-state index >= 15 is 0 Å². The predicted molar refractivity (Wildman–Crippen MR) is 105 cm³/mol. The van der Waals surface area contributed by atoms with Gasteiger partial charge in [0.05, 0.1) is 5.02 Å². The van der Waals surface area contributed by atoms with Crippen LogP contribution in [0, 0.1) is 0 Å². The highest BCUT2D eigenvalue weighted by Crippen LogP contribution is 2.27. The Kier molecular flexibility index (Phi) is 6.41. The Hall–Kier alpha value is -1.75. The highest BCUT2D eigenvalue weighted by Gasteiger charge is 2.26. The lowest BCUT2D eigenvalue weighted by atomic mass is 10.1. The quantitative estimate of drug-likeness (QED) is 0.767. The fraction of sp³-hybridized carbons (Fsp3) is 0.350. The van der Waals surface area contributed by atoms with Gasteiger partial charge in [-0.15, -0.1) is 0 Å². The molecule has 0 aliphatic carbocycles. The zero-order chi connectivity index (χ0) is 18.5. The molecule has 6 heteroatoms. The molecule has 1 amide bonds. The molecule has 0 bridgehead atoms. The molecular formula is C20H22Cl2N2O2. The van der Waals surface area contributed by atoms with Crippen LogP contribution in [0.25, 0.3) is 0 Å². The third-order valence-corrected chi connectivity index (χ3v) is 5.12. The average molecular weight is 393 g/mol. The molecule has 0 spiro atoms. The van der Waals surface area contributed by atoms with Crippen LogP contribution >= 0.6 is 23.2 Å². The summed E-state index contributed by atoms with van der Waals surface area (Å²) >= 11 is 11.9. The van der Waals surface area contributed by atoms with Gasteiger partial charge in [0, 0.05) is 37.2 Å². The number of nitrogens with zero attached hydrogens (tertiary/aromatic N) is 2. The summed E-state index contributed by atoms with van der Waals surface area (Å²) in [6, 6.07) is 15.7. The van der Waals surface area contributed by atoms with Gasteiger partial charge >= 0.3 is 0 Å². The van der Waals surface area contributed by atoms with Gasteiger partial charge in [0.1, 0.15) is 5.75 Å². The number of hydrogen-bond acceptors (Lipinski definition) is 3. The van der Waals surface area contributed by atoms with Crippen molar-refractivity contribution in [1.29, 1.82) is 0 Å². The first-order valence-corrected chi connectivity index (χ1v) is 9.42. The monoisotopic (exact) mass is 392 g/mol. The average Bonchev–Trinajstić information content (AvgIpc) is 2.63. The molecule has 1 aliphatic rings. The second-order valence-corrected chi connectivity index (χ2v) is 7.35. The van der Waals surface area contributed by atoms with Crippen LogP contribution in [0.5, 0.6) is 5.75 Å². The fourth-order valence-electron chi connectivity index (χ4n) is 3.10. The number of hydrogen-bond donors (Lipinski definition) is 0. The van der Waals surface area contributed by atoms with E-state index in [4.69, 9.17) is 27.9 Å². The van der Waals surface area contributed by atoms with Gasteiger partial charge in [0.15, 0.2) is 6.61 Å². The second kappa shape index (κ2) is 8.76. The zero-order valence-electron chi connectivity index (χ0n) is 14.7. The molecule has 2 aromatic rings. The Labute approximate surface area is 164 Å². The summed E-state index contributed by atoms with van der Waals surface area (Å²) in [6.07, 6.45) is 0. The summed E-state index contributed by atoms with van der Waals surface area (Å²) < 4.78 is 5.57. The van der Waals surface area contributed by atoms with Crippen molar-refractivity contribution in [3.8, 4) is 5.75 Å². The molecule has 0 saturated carbocycles. The van der Waals surface area contributed by atoms with E-state index in [9.17, 15) is 4.79 Å². The van der Waals surface area contributed by atoms with Crippen LogP contribution in [-0.2, 0) is 11.3 Å². The SMILES string of the molecule is CC1CN(C(=O)COc2ccc(Cl)cc2Cl)CCN1Cc1ccccc1. The van der Waals surface area contributed by atoms with Crippen LogP contribution in [0.2, 0.25) is 10.0 Å². The van der Waals surface area contributed by atoms with Gasteiger partial charge in [-0.2, -0.15) is 0 Å². The highest BCUT2D eigenvalue weighted by atomic mass is 35.5. The van der Waals surface area contributed by atoms with E-state index in [1.165, 1.54) is 5.56 Å². The smallest absolute Gasteiger partial charge is 0.260 e. The van der Waals surface area contributed by atoms with Gasteiger partial charge in [-0.1, -0.05) is 53.5 Å². The Morgan fingerprint density at radius 1 is 1.15 bits per heavy atom. The molecule has 0 aromatic heterocycles. The summed E-state index contributed by atoms with van der Waals surface area (Å²) in [4.78, 5) is 16.7. The molecule has 26 heavy (non-hydrogen) atoms. The maximum atomic E-state index is 12.5. The lowest BCUT2D eigenvalue weighted by Crippen LogP contribution is -2.54. The predicted octanol–water partition coefficient (Wildman–Crippen LogP) is 4.11. The van der Waals surface area contributed by atoms with Crippen LogP contribution in [0.4, 0.5) is 0 Å². The molecule has 3 rings (SSSR count). The second-order valence-electron chi connectivity index (χ2n) is 6.51. The number of carbonyl (C=O) groups excluding carboxylic acids is 1. The topological polar surface area (TPSA) is 32.8 Å². The fourth-order valence-corrected chi connectivity index (χ4v) is 3.56. The third kappa shape index (κ3) is 4.91. The normalized spacial score (nSPS) is 18.0. The molecule has 2 aromatic carbocycles. The molecule has 1 fully saturated rings. The van der Waals surface area contributed by atoms with Crippen molar-refractivity contribution in [1.82, 2.24) is 9.80 Å². The zero-order valence-corrected chi connectivity index (χ0v) is 16.2. The molecular weight excluding hydrogens is 371 g/mol. The first-order chi connectivity index (χ1) is 12.5. The highest BCUT2D eigenvalue weighted by molar-refractivity contribution is 6.35. The molecule has 1 saturated heterocycles. The minimum absolute atomic E-state index is 0.0211. The molecule has 138 valence electrons. The summed E-state index contributed by atoms with van der Waals surface area (Å²) in [7, 11) is 0. The Morgan fingerprint density at radius 3 is 2.62 bits per heavy atom. The van der Waals surface area contributed by atoms with E-state index in [0.717, 1.165) is 13.1 Å². The first kappa shape index (κ1) is 19.0. The number of halogens is 2. The lowest BCUT2D eigenvalue weighted by molar-refractivity contribution is -0.136. The number of carbonyl (C=O) groups is 1. The standard InChI is InChI=1S/C20H22Cl2N2O2/c1-15-12-24(10-9-23(15)13-16-5-3-2-4-6-16)20(25)14-26-19-8-7-17(21)11-18(19)22/h2-8,11,15H,9-10,12-14H2,1H3. The van der Waals surface area contributed by atoms with Crippen molar-refractivity contribution in [3.05, 3.63) is 64.1 Å². The van der Waals surface area contributed by atoms with Gasteiger partial charge < -0.3 is 9.64 Å². The van der Waals surface area contributed by atoms with E-state index in [0.29, 0.717) is 34.9 Å². The summed E-state index contributed by atoms with van der Waals surface area (Å²) in [6.45, 7) is 5.29. The maximum absolute atomic E-state index is 12.5. The lowest BCUT2D eigenvalue weighted by Gasteiger charge is -2.39. The largest absolute Gasteiger partial charge is 0.482 e. The van der Waals surface area contributed by atoms with Crippen molar-refractivity contribution in [3.63, 3.8) is 0 Å². The van der Waals surface area contributed by atoms with E-state index in [1.807, 2.05) is 11.0 Å². The number of amides is 1. The summed E-state index contributed by atoms with van der Waals surface area (Å²) in [5, 5.41) is 0.948. The summed E-state index contributed by atoms with van der Waals surface area (Å²) in [5.41, 5.74) is 1.29. The van der Waals surface area contributed by atoms with E-state index in [1.54, 1.807) is 18.2 Å². The van der Waals surface area contributed by atoms with Crippen LogP contribution in [-0.4, -0.2) is 48.0 Å². The van der Waals surface area contributed by atoms with E-state index in [2.05, 4.69) is 36.1 Å². The van der Waals surface area contributed by atoms with Crippen molar-refractivity contribution < 1.29 is 9.53 Å². The van der Waals surface area contributed by atoms with Gasteiger partial charge in [-0.05, 0) is 30.7 Å².